The van der Waals surface area contributed by atoms with Crippen molar-refractivity contribution in [1.82, 2.24) is 0 Å². The molecule has 0 N–H and O–H groups in total. The average molecular weight is 745 g/mol. The van der Waals surface area contributed by atoms with E-state index in [0.717, 1.165) is 93.8 Å². The summed E-state index contributed by atoms with van der Waals surface area (Å²) in [6.07, 6.45) is 6.63. The van der Waals surface area contributed by atoms with Gasteiger partial charge in [-0.2, -0.15) is 0 Å². The zero-order valence-electron chi connectivity index (χ0n) is 31.1. The van der Waals surface area contributed by atoms with Crippen molar-refractivity contribution in [2.75, 3.05) is 0 Å². The summed E-state index contributed by atoms with van der Waals surface area (Å²) in [5.41, 5.74) is 15.6. The van der Waals surface area contributed by atoms with Crippen LogP contribution < -0.4 is 4.74 Å². The molecule has 0 saturated heterocycles. The molecule has 3 aromatic heterocycles. The van der Waals surface area contributed by atoms with Crippen LogP contribution in [0.1, 0.15) is 17.0 Å². The lowest BCUT2D eigenvalue weighted by Gasteiger charge is -2.18. The van der Waals surface area contributed by atoms with Crippen LogP contribution in [0.2, 0.25) is 0 Å². The first-order valence-corrected chi connectivity index (χ1v) is 19.8. The van der Waals surface area contributed by atoms with Gasteiger partial charge in [-0.25, -0.2) is 0 Å². The van der Waals surface area contributed by atoms with Crippen LogP contribution >= 0.6 is 0 Å². The average Bonchev–Trinajstić information content (AvgIpc) is 4.05. The third-order valence-corrected chi connectivity index (χ3v) is 12.2. The van der Waals surface area contributed by atoms with Crippen molar-refractivity contribution in [3.63, 3.8) is 0 Å². The molecule has 0 fully saturated rings. The summed E-state index contributed by atoms with van der Waals surface area (Å²) in [4.78, 5) is 0. The molecule has 2 unspecified atom stereocenters. The van der Waals surface area contributed by atoms with E-state index in [-0.39, 0.29) is 12.0 Å². The highest BCUT2D eigenvalue weighted by molar-refractivity contribution is 6.11. The zero-order valence-corrected chi connectivity index (χ0v) is 31.1. The summed E-state index contributed by atoms with van der Waals surface area (Å²) in [6, 6.07) is 57.7. The molecule has 1 aliphatic heterocycles. The Balaban J connectivity index is 0.854. The number of ether oxygens (including phenoxy) is 1. The monoisotopic (exact) mass is 744 g/mol. The van der Waals surface area contributed by atoms with Crippen molar-refractivity contribution >= 4 is 71.4 Å². The van der Waals surface area contributed by atoms with Crippen LogP contribution in [-0.4, -0.2) is 6.10 Å². The van der Waals surface area contributed by atoms with E-state index in [0.29, 0.717) is 0 Å². The number of fused-ring (bicyclic) bond motifs is 13. The molecule has 0 amide bonds. The fourth-order valence-corrected chi connectivity index (χ4v) is 9.30. The first-order valence-electron chi connectivity index (χ1n) is 19.8. The fourth-order valence-electron chi connectivity index (χ4n) is 9.30. The summed E-state index contributed by atoms with van der Waals surface area (Å²) < 4.78 is 25.8. The van der Waals surface area contributed by atoms with E-state index in [2.05, 4.69) is 170 Å². The van der Waals surface area contributed by atoms with Gasteiger partial charge in [0.2, 0.25) is 0 Å². The largest absolute Gasteiger partial charge is 0.481 e. The maximum Gasteiger partial charge on any atom is 0.177 e. The molecule has 1 aliphatic carbocycles. The molecule has 4 heteroatoms. The lowest BCUT2D eigenvalue weighted by Crippen LogP contribution is -2.16. The van der Waals surface area contributed by atoms with Crippen molar-refractivity contribution in [3.05, 3.63) is 193 Å². The van der Waals surface area contributed by atoms with Gasteiger partial charge in [-0.1, -0.05) is 109 Å². The standard InChI is InChI=1S/C54H32O4/c1-3-7-31(8-4-1)33-11-19-47-43(25-33)45-29-37(13-21-49(45)55-47)35-15-23-51-41(27-35)39-17-18-40-42-28-36(16-24-52(42)58-54(40)53(39)57-51)38-14-22-50-46(30-38)44-26-34(12-20-48(44)56-50)32-9-5-2-6-10-32/h1-30,41,51H. The minimum atomic E-state index is -0.0982. The second-order valence-corrected chi connectivity index (χ2v) is 15.5. The van der Waals surface area contributed by atoms with Crippen molar-refractivity contribution in [3.8, 4) is 39.1 Å². The lowest BCUT2D eigenvalue weighted by molar-refractivity contribution is 0.269. The van der Waals surface area contributed by atoms with Crippen molar-refractivity contribution in [2.24, 2.45) is 0 Å². The molecule has 0 spiro atoms. The molecule has 0 bridgehead atoms. The maximum atomic E-state index is 6.69. The van der Waals surface area contributed by atoms with E-state index in [1.54, 1.807) is 0 Å². The Labute approximate surface area is 332 Å². The Morgan fingerprint density at radius 1 is 0.362 bits per heavy atom. The van der Waals surface area contributed by atoms with Gasteiger partial charge in [0.15, 0.2) is 11.3 Å². The molecule has 58 heavy (non-hydrogen) atoms. The number of benzene rings is 8. The summed E-state index contributed by atoms with van der Waals surface area (Å²) in [5, 5.41) is 6.57. The predicted molar refractivity (Wildman–Crippen MR) is 235 cm³/mol. The number of hydrogen-bond acceptors (Lipinski definition) is 4. The molecule has 2 atom stereocenters. The molecule has 2 aliphatic rings. The van der Waals surface area contributed by atoms with Gasteiger partial charge < -0.3 is 18.0 Å². The molecular weight excluding hydrogens is 713 g/mol. The van der Waals surface area contributed by atoms with E-state index in [1.165, 1.54) is 27.8 Å². The molecule has 8 aromatic carbocycles. The minimum absolute atomic E-state index is 0.0727. The first kappa shape index (κ1) is 31.6. The van der Waals surface area contributed by atoms with Gasteiger partial charge in [-0.3, -0.25) is 0 Å². The Kier molecular flexibility index (Phi) is 6.53. The topological polar surface area (TPSA) is 48.7 Å². The highest BCUT2D eigenvalue weighted by Crippen LogP contribution is 2.49. The first-order chi connectivity index (χ1) is 28.7. The van der Waals surface area contributed by atoms with E-state index in [4.69, 9.17) is 18.0 Å². The third kappa shape index (κ3) is 4.75. The van der Waals surface area contributed by atoms with Gasteiger partial charge in [0.05, 0.1) is 0 Å². The molecule has 0 radical (unpaired) electrons. The quantitative estimate of drug-likeness (QED) is 0.180. The molecule has 0 saturated carbocycles. The van der Waals surface area contributed by atoms with Crippen LogP contribution in [0.25, 0.3) is 105 Å². The highest BCUT2D eigenvalue weighted by Gasteiger charge is 2.36. The normalized spacial score (nSPS) is 16.1. The van der Waals surface area contributed by atoms with Crippen LogP contribution in [0.3, 0.4) is 0 Å². The van der Waals surface area contributed by atoms with Crippen LogP contribution in [0.5, 0.6) is 5.75 Å². The maximum absolute atomic E-state index is 6.69. The Hall–Kier alpha value is -7.56. The fraction of sp³-hybridized carbons (Fsp3) is 0.0370. The van der Waals surface area contributed by atoms with E-state index >= 15 is 0 Å². The Morgan fingerprint density at radius 2 is 0.810 bits per heavy atom. The number of furan rings is 3. The Morgan fingerprint density at radius 3 is 1.34 bits per heavy atom. The van der Waals surface area contributed by atoms with Crippen molar-refractivity contribution < 1.29 is 18.0 Å². The molecule has 13 rings (SSSR count). The smallest absolute Gasteiger partial charge is 0.177 e. The minimum Gasteiger partial charge on any atom is -0.481 e. The highest BCUT2D eigenvalue weighted by atomic mass is 16.5. The van der Waals surface area contributed by atoms with Crippen LogP contribution in [0.4, 0.5) is 0 Å². The second-order valence-electron chi connectivity index (χ2n) is 15.5. The van der Waals surface area contributed by atoms with Gasteiger partial charge in [0.25, 0.3) is 0 Å². The second kappa shape index (κ2) is 12.0. The van der Waals surface area contributed by atoms with Crippen molar-refractivity contribution in [2.45, 2.75) is 12.0 Å². The number of rotatable bonds is 4. The van der Waals surface area contributed by atoms with Crippen molar-refractivity contribution in [1.29, 1.82) is 0 Å². The summed E-state index contributed by atoms with van der Waals surface area (Å²) >= 11 is 0. The molecule has 4 heterocycles. The van der Waals surface area contributed by atoms with E-state index in [9.17, 15) is 0 Å². The zero-order chi connectivity index (χ0) is 37.9. The van der Waals surface area contributed by atoms with E-state index in [1.807, 2.05) is 12.1 Å². The SMILES string of the molecule is C1=CC2Oc3c(ccc4c3oc3ccc(-c5ccc6oc7ccc(-c8ccccc8)cc7c6c5)cc34)C2C=C1c1ccc2oc3ccc(-c4ccccc4)cc3c2c1. The predicted octanol–water partition coefficient (Wildman–Crippen LogP) is 14.9. The van der Waals surface area contributed by atoms with Crippen LogP contribution in [0, 0.1) is 0 Å². The Bertz CT molecular complexity index is 3540. The van der Waals surface area contributed by atoms with Gasteiger partial charge in [-0.05, 0) is 117 Å². The van der Waals surface area contributed by atoms with Gasteiger partial charge in [-0.15, -0.1) is 0 Å². The lowest BCUT2D eigenvalue weighted by atomic mass is 9.86. The summed E-state index contributed by atoms with van der Waals surface area (Å²) in [5.74, 6) is 0.904. The van der Waals surface area contributed by atoms with Gasteiger partial charge >= 0.3 is 0 Å². The molecule has 11 aromatic rings. The van der Waals surface area contributed by atoms with Gasteiger partial charge in [0, 0.05) is 43.8 Å². The molecule has 4 nitrogen and oxygen atoms in total. The number of allylic oxidation sites excluding steroid dienone is 2. The van der Waals surface area contributed by atoms with Crippen LogP contribution in [0.15, 0.2) is 195 Å². The summed E-state index contributed by atoms with van der Waals surface area (Å²) in [6.45, 7) is 0. The van der Waals surface area contributed by atoms with E-state index < -0.39 is 0 Å². The third-order valence-electron chi connectivity index (χ3n) is 12.2. The molecular formula is C54H32O4. The summed E-state index contributed by atoms with van der Waals surface area (Å²) in [7, 11) is 0. The number of hydrogen-bond donors (Lipinski definition) is 0. The molecule has 272 valence electrons. The van der Waals surface area contributed by atoms with Gasteiger partial charge in [0.1, 0.15) is 34.0 Å². The van der Waals surface area contributed by atoms with Crippen LogP contribution in [-0.2, 0) is 0 Å².